The van der Waals surface area contributed by atoms with E-state index in [4.69, 9.17) is 9.47 Å². The highest BCUT2D eigenvalue weighted by atomic mass is 19.2. The molecule has 0 bridgehead atoms. The Morgan fingerprint density at radius 2 is 1.64 bits per heavy atom. The van der Waals surface area contributed by atoms with Crippen LogP contribution in [0.2, 0.25) is 0 Å². The maximum absolute atomic E-state index is 14.4. The molecule has 0 aromatic heterocycles. The molecule has 0 radical (unpaired) electrons. The highest BCUT2D eigenvalue weighted by Gasteiger charge is 2.15. The average molecular weight is 384 g/mol. The quantitative estimate of drug-likeness (QED) is 0.450. The van der Waals surface area contributed by atoms with Crippen molar-refractivity contribution in [3.8, 4) is 22.6 Å². The van der Waals surface area contributed by atoms with E-state index in [0.29, 0.717) is 22.4 Å². The molecule has 0 saturated heterocycles. The van der Waals surface area contributed by atoms with Gasteiger partial charge in [-0.05, 0) is 53.9 Å². The number of rotatable bonds is 7. The monoisotopic (exact) mass is 384 g/mol. The van der Waals surface area contributed by atoms with Crippen molar-refractivity contribution in [1.82, 2.24) is 0 Å². The van der Waals surface area contributed by atoms with Gasteiger partial charge in [0.25, 0.3) is 0 Å². The van der Waals surface area contributed by atoms with Gasteiger partial charge in [0, 0.05) is 5.56 Å². The van der Waals surface area contributed by atoms with Crippen LogP contribution in [-0.4, -0.2) is 6.61 Å². The number of hydrogen-bond acceptors (Lipinski definition) is 2. The van der Waals surface area contributed by atoms with Crippen LogP contribution in [0.3, 0.4) is 0 Å². The maximum atomic E-state index is 14.4. The van der Waals surface area contributed by atoms with E-state index in [-0.39, 0.29) is 30.3 Å². The summed E-state index contributed by atoms with van der Waals surface area (Å²) in [5.41, 5.74) is 1.90. The van der Waals surface area contributed by atoms with Gasteiger partial charge >= 0.3 is 0 Å². The first kappa shape index (κ1) is 19.5. The number of benzene rings is 3. The van der Waals surface area contributed by atoms with Gasteiger partial charge in [-0.1, -0.05) is 36.9 Å². The van der Waals surface area contributed by atoms with Crippen molar-refractivity contribution in [3.63, 3.8) is 0 Å². The highest BCUT2D eigenvalue weighted by Crippen LogP contribution is 2.31. The molecule has 0 N–H and O–H groups in total. The second-order valence-electron chi connectivity index (χ2n) is 6.24. The van der Waals surface area contributed by atoms with E-state index in [2.05, 4.69) is 6.58 Å². The first-order valence-electron chi connectivity index (χ1n) is 8.69. The zero-order valence-electron chi connectivity index (χ0n) is 15.3. The fraction of sp³-hybridized carbons (Fsp3) is 0.130. The molecule has 0 fully saturated rings. The second kappa shape index (κ2) is 8.65. The summed E-state index contributed by atoms with van der Waals surface area (Å²) in [5.74, 6) is -1.93. The first-order valence-corrected chi connectivity index (χ1v) is 8.69. The molecule has 2 nitrogen and oxygen atoms in total. The van der Waals surface area contributed by atoms with Crippen LogP contribution in [0.5, 0.6) is 11.5 Å². The molecule has 0 unspecified atom stereocenters. The van der Waals surface area contributed by atoms with E-state index in [0.717, 1.165) is 0 Å². The molecule has 5 heteroatoms. The molecule has 0 spiro atoms. The van der Waals surface area contributed by atoms with Crippen molar-refractivity contribution in [2.24, 2.45) is 0 Å². The average Bonchev–Trinajstić information content (AvgIpc) is 2.70. The minimum atomic E-state index is -1.04. The van der Waals surface area contributed by atoms with E-state index in [9.17, 15) is 13.2 Å². The molecule has 0 heterocycles. The Hall–Kier alpha value is -3.21. The van der Waals surface area contributed by atoms with Crippen LogP contribution in [0.25, 0.3) is 11.1 Å². The van der Waals surface area contributed by atoms with Crippen LogP contribution in [-0.2, 0) is 6.61 Å². The maximum Gasteiger partial charge on any atom is 0.201 e. The summed E-state index contributed by atoms with van der Waals surface area (Å²) in [5, 5.41) is 0. The largest absolute Gasteiger partial charge is 0.489 e. The molecule has 0 aliphatic heterocycles. The SMILES string of the molecule is C=CCOc1ccc(-c2ccc(OCc3ccc(C)c(F)c3)cc2)c(F)c1F. The van der Waals surface area contributed by atoms with E-state index in [1.165, 1.54) is 24.3 Å². The predicted molar refractivity (Wildman–Crippen MR) is 103 cm³/mol. The zero-order chi connectivity index (χ0) is 20.1. The second-order valence-corrected chi connectivity index (χ2v) is 6.24. The number of aryl methyl sites for hydroxylation is 1. The Balaban J connectivity index is 1.72. The molecule has 0 aliphatic rings. The van der Waals surface area contributed by atoms with Crippen molar-refractivity contribution >= 4 is 0 Å². The number of ether oxygens (including phenoxy) is 2. The van der Waals surface area contributed by atoms with Crippen molar-refractivity contribution in [2.75, 3.05) is 6.61 Å². The normalized spacial score (nSPS) is 10.6. The summed E-state index contributed by atoms with van der Waals surface area (Å²) in [4.78, 5) is 0. The van der Waals surface area contributed by atoms with Crippen molar-refractivity contribution in [1.29, 1.82) is 0 Å². The Labute approximate surface area is 161 Å². The Morgan fingerprint density at radius 3 is 2.32 bits per heavy atom. The topological polar surface area (TPSA) is 18.5 Å². The van der Waals surface area contributed by atoms with Gasteiger partial charge in [0.2, 0.25) is 5.82 Å². The van der Waals surface area contributed by atoms with Crippen LogP contribution in [0.4, 0.5) is 13.2 Å². The molecule has 144 valence electrons. The lowest BCUT2D eigenvalue weighted by Gasteiger charge is -2.11. The highest BCUT2D eigenvalue weighted by molar-refractivity contribution is 5.66. The fourth-order valence-electron chi connectivity index (χ4n) is 2.64. The minimum Gasteiger partial charge on any atom is -0.489 e. The van der Waals surface area contributed by atoms with Gasteiger partial charge in [-0.3, -0.25) is 0 Å². The Morgan fingerprint density at radius 1 is 0.893 bits per heavy atom. The summed E-state index contributed by atoms with van der Waals surface area (Å²) >= 11 is 0. The lowest BCUT2D eigenvalue weighted by atomic mass is 10.0. The first-order chi connectivity index (χ1) is 13.5. The summed E-state index contributed by atoms with van der Waals surface area (Å²) < 4.78 is 52.8. The minimum absolute atomic E-state index is 0.0899. The summed E-state index contributed by atoms with van der Waals surface area (Å²) in [7, 11) is 0. The van der Waals surface area contributed by atoms with Crippen molar-refractivity contribution < 1.29 is 22.6 Å². The predicted octanol–water partition coefficient (Wildman–Crippen LogP) is 6.22. The lowest BCUT2D eigenvalue weighted by Crippen LogP contribution is -1.99. The molecule has 3 rings (SSSR count). The van der Waals surface area contributed by atoms with E-state index < -0.39 is 11.6 Å². The molecule has 28 heavy (non-hydrogen) atoms. The van der Waals surface area contributed by atoms with Gasteiger partial charge in [-0.15, -0.1) is 0 Å². The molecule has 0 amide bonds. The molecule has 3 aromatic rings. The molecule has 0 aliphatic carbocycles. The molecule has 3 aromatic carbocycles. The lowest BCUT2D eigenvalue weighted by molar-refractivity contribution is 0.305. The molecular formula is C23H19F3O2. The van der Waals surface area contributed by atoms with Crippen LogP contribution >= 0.6 is 0 Å². The summed E-state index contributed by atoms with van der Waals surface area (Å²) in [6.45, 7) is 5.46. The van der Waals surface area contributed by atoms with Crippen LogP contribution in [0, 0.1) is 24.4 Å². The van der Waals surface area contributed by atoms with Gasteiger partial charge in [0.1, 0.15) is 24.8 Å². The summed E-state index contributed by atoms with van der Waals surface area (Å²) in [6.07, 6.45) is 1.45. The van der Waals surface area contributed by atoms with E-state index in [1.807, 2.05) is 0 Å². The van der Waals surface area contributed by atoms with Crippen LogP contribution < -0.4 is 9.47 Å². The number of halogens is 3. The number of hydrogen-bond donors (Lipinski definition) is 0. The zero-order valence-corrected chi connectivity index (χ0v) is 15.3. The third-order valence-electron chi connectivity index (χ3n) is 4.21. The fourth-order valence-corrected chi connectivity index (χ4v) is 2.64. The standard InChI is InChI=1S/C23H19F3O2/c1-3-12-27-21-11-10-19(22(25)23(21)26)17-6-8-18(9-7-17)28-14-16-5-4-15(2)20(24)13-16/h3-11,13H,1,12,14H2,2H3. The van der Waals surface area contributed by atoms with Gasteiger partial charge in [0.05, 0.1) is 0 Å². The Kier molecular flexibility index (Phi) is 6.04. The van der Waals surface area contributed by atoms with Gasteiger partial charge in [-0.2, -0.15) is 4.39 Å². The Bertz CT molecular complexity index is 982. The molecular weight excluding hydrogens is 365 g/mol. The van der Waals surface area contributed by atoms with Crippen LogP contribution in [0.1, 0.15) is 11.1 Å². The smallest absolute Gasteiger partial charge is 0.201 e. The van der Waals surface area contributed by atoms with E-state index >= 15 is 0 Å². The molecule has 0 atom stereocenters. The third-order valence-corrected chi connectivity index (χ3v) is 4.21. The van der Waals surface area contributed by atoms with E-state index in [1.54, 1.807) is 43.3 Å². The third kappa shape index (κ3) is 4.36. The van der Waals surface area contributed by atoms with Crippen LogP contribution in [0.15, 0.2) is 67.3 Å². The molecule has 0 saturated carbocycles. The van der Waals surface area contributed by atoms with Gasteiger partial charge in [-0.25, -0.2) is 8.78 Å². The van der Waals surface area contributed by atoms with Crippen molar-refractivity contribution in [2.45, 2.75) is 13.5 Å². The summed E-state index contributed by atoms with van der Waals surface area (Å²) in [6, 6.07) is 14.3. The van der Waals surface area contributed by atoms with Crippen molar-refractivity contribution in [3.05, 3.63) is 95.8 Å². The van der Waals surface area contributed by atoms with Gasteiger partial charge < -0.3 is 9.47 Å². The van der Waals surface area contributed by atoms with Gasteiger partial charge in [0.15, 0.2) is 11.6 Å².